The molecule has 2 aromatic heterocycles. The third kappa shape index (κ3) is 2.43. The van der Waals surface area contributed by atoms with Gasteiger partial charge in [-0.1, -0.05) is 0 Å². The zero-order valence-electron chi connectivity index (χ0n) is 11.4. The van der Waals surface area contributed by atoms with Crippen LogP contribution in [0.5, 0.6) is 0 Å². The van der Waals surface area contributed by atoms with E-state index in [0.717, 1.165) is 34.6 Å². The number of anilines is 1. The largest absolute Gasteiger partial charge is 0.380 e. The van der Waals surface area contributed by atoms with Crippen molar-refractivity contribution < 1.29 is 4.74 Å². The van der Waals surface area contributed by atoms with E-state index in [-0.39, 0.29) is 12.1 Å². The summed E-state index contributed by atoms with van der Waals surface area (Å²) in [4.78, 5) is 11.0. The standard InChI is InChI=1S/C13H16BrN5O/c1-8-3-12(15-5-10(8)14)19-6-9(20-2)4-11(19)13-16-7-17-18-13/h3,5,7,9,11H,4,6H2,1-2H3,(H,16,17,18)/t9-,11+/m1/s1. The van der Waals surface area contributed by atoms with Crippen LogP contribution >= 0.6 is 15.9 Å². The molecular weight excluding hydrogens is 322 g/mol. The third-order valence-electron chi connectivity index (χ3n) is 3.67. The topological polar surface area (TPSA) is 66.9 Å². The number of rotatable bonds is 3. The molecule has 1 aliphatic rings. The number of halogens is 1. The predicted molar refractivity (Wildman–Crippen MR) is 78.6 cm³/mol. The van der Waals surface area contributed by atoms with Crippen LogP contribution in [-0.4, -0.2) is 39.9 Å². The second-order valence-corrected chi connectivity index (χ2v) is 5.78. The lowest BCUT2D eigenvalue weighted by molar-refractivity contribution is 0.118. The molecular formula is C13H16BrN5O. The average Bonchev–Trinajstić information content (AvgIpc) is 3.09. The second-order valence-electron chi connectivity index (χ2n) is 4.92. The minimum atomic E-state index is 0.121. The van der Waals surface area contributed by atoms with Crippen molar-refractivity contribution in [2.24, 2.45) is 0 Å². The maximum atomic E-state index is 5.50. The van der Waals surface area contributed by atoms with Gasteiger partial charge in [0.2, 0.25) is 0 Å². The summed E-state index contributed by atoms with van der Waals surface area (Å²) >= 11 is 3.48. The van der Waals surface area contributed by atoms with Crippen LogP contribution < -0.4 is 4.90 Å². The summed E-state index contributed by atoms with van der Waals surface area (Å²) in [6.07, 6.45) is 4.43. The molecule has 6 nitrogen and oxygen atoms in total. The van der Waals surface area contributed by atoms with Crippen LogP contribution in [0, 0.1) is 6.92 Å². The molecule has 1 saturated heterocycles. The second kappa shape index (κ2) is 5.49. The molecule has 0 spiro atoms. The van der Waals surface area contributed by atoms with Crippen molar-refractivity contribution in [2.75, 3.05) is 18.6 Å². The molecule has 1 fully saturated rings. The molecule has 20 heavy (non-hydrogen) atoms. The minimum Gasteiger partial charge on any atom is -0.380 e. The van der Waals surface area contributed by atoms with Crippen LogP contribution in [0.2, 0.25) is 0 Å². The van der Waals surface area contributed by atoms with Crippen molar-refractivity contribution in [2.45, 2.75) is 25.5 Å². The number of aromatic nitrogens is 4. The molecule has 0 unspecified atom stereocenters. The zero-order valence-corrected chi connectivity index (χ0v) is 13.0. The Bertz CT molecular complexity index is 588. The molecule has 106 valence electrons. The number of H-pyrrole nitrogens is 1. The number of aromatic amines is 1. The van der Waals surface area contributed by atoms with Gasteiger partial charge >= 0.3 is 0 Å². The molecule has 3 rings (SSSR count). The minimum absolute atomic E-state index is 0.121. The number of aryl methyl sites for hydroxylation is 1. The smallest absolute Gasteiger partial charge is 0.147 e. The normalized spacial score (nSPS) is 22.4. The van der Waals surface area contributed by atoms with E-state index in [1.54, 1.807) is 7.11 Å². The van der Waals surface area contributed by atoms with Gasteiger partial charge in [0.1, 0.15) is 18.0 Å². The SMILES string of the molecule is CO[C@@H]1C[C@@H](c2ncn[nH]2)N(c2cc(C)c(Br)cn2)C1. The first-order chi connectivity index (χ1) is 9.69. The number of ether oxygens (including phenoxy) is 1. The maximum Gasteiger partial charge on any atom is 0.147 e. The summed E-state index contributed by atoms with van der Waals surface area (Å²) < 4.78 is 6.52. The van der Waals surface area contributed by atoms with E-state index in [2.05, 4.69) is 54.0 Å². The number of methoxy groups -OCH3 is 1. The van der Waals surface area contributed by atoms with Gasteiger partial charge in [-0.05, 0) is 34.5 Å². The molecule has 1 N–H and O–H groups in total. The summed E-state index contributed by atoms with van der Waals surface area (Å²) in [5.41, 5.74) is 1.16. The van der Waals surface area contributed by atoms with Gasteiger partial charge in [-0.25, -0.2) is 9.97 Å². The molecule has 3 heterocycles. The van der Waals surface area contributed by atoms with E-state index >= 15 is 0 Å². The van der Waals surface area contributed by atoms with E-state index in [1.807, 2.05) is 6.20 Å². The summed E-state index contributed by atoms with van der Waals surface area (Å²) in [5.74, 6) is 1.79. The van der Waals surface area contributed by atoms with Crippen molar-refractivity contribution >= 4 is 21.7 Å². The maximum absolute atomic E-state index is 5.50. The lowest BCUT2D eigenvalue weighted by atomic mass is 10.2. The molecule has 2 aromatic rings. The Balaban J connectivity index is 1.94. The van der Waals surface area contributed by atoms with Crippen LogP contribution in [0.15, 0.2) is 23.1 Å². The third-order valence-corrected chi connectivity index (χ3v) is 4.50. The van der Waals surface area contributed by atoms with Gasteiger partial charge < -0.3 is 9.64 Å². The van der Waals surface area contributed by atoms with Crippen LogP contribution in [0.4, 0.5) is 5.82 Å². The van der Waals surface area contributed by atoms with Crippen molar-refractivity contribution in [3.8, 4) is 0 Å². The predicted octanol–water partition coefficient (Wildman–Crippen LogP) is 2.24. The van der Waals surface area contributed by atoms with E-state index in [0.29, 0.717) is 0 Å². The van der Waals surface area contributed by atoms with Crippen molar-refractivity contribution in [3.63, 3.8) is 0 Å². The van der Waals surface area contributed by atoms with Crippen molar-refractivity contribution in [1.29, 1.82) is 0 Å². The van der Waals surface area contributed by atoms with Gasteiger partial charge in [0, 0.05) is 30.7 Å². The number of hydrogen-bond donors (Lipinski definition) is 1. The highest BCUT2D eigenvalue weighted by molar-refractivity contribution is 9.10. The van der Waals surface area contributed by atoms with Gasteiger partial charge in [0.05, 0.1) is 12.1 Å². The quantitative estimate of drug-likeness (QED) is 0.930. The fourth-order valence-corrected chi connectivity index (χ4v) is 2.75. The van der Waals surface area contributed by atoms with Crippen LogP contribution in [0.3, 0.4) is 0 Å². The van der Waals surface area contributed by atoms with Gasteiger partial charge in [-0.2, -0.15) is 5.10 Å². The Morgan fingerprint density at radius 2 is 2.30 bits per heavy atom. The first-order valence-electron chi connectivity index (χ1n) is 6.46. The molecule has 2 atom stereocenters. The monoisotopic (exact) mass is 337 g/mol. The highest BCUT2D eigenvalue weighted by Gasteiger charge is 2.35. The zero-order chi connectivity index (χ0) is 14.1. The molecule has 0 amide bonds. The number of nitrogens with zero attached hydrogens (tertiary/aromatic N) is 4. The molecule has 7 heteroatoms. The van der Waals surface area contributed by atoms with Crippen LogP contribution in [0.1, 0.15) is 23.9 Å². The number of pyridine rings is 1. The molecule has 0 aliphatic carbocycles. The highest BCUT2D eigenvalue weighted by Crippen LogP contribution is 2.35. The lowest BCUT2D eigenvalue weighted by Gasteiger charge is -2.24. The highest BCUT2D eigenvalue weighted by atomic mass is 79.9. The number of hydrogen-bond acceptors (Lipinski definition) is 5. The Kier molecular flexibility index (Phi) is 3.71. The molecule has 0 bridgehead atoms. The lowest BCUT2D eigenvalue weighted by Crippen LogP contribution is -2.26. The Morgan fingerprint density at radius 1 is 1.45 bits per heavy atom. The van der Waals surface area contributed by atoms with Gasteiger partial charge in [0.15, 0.2) is 0 Å². The summed E-state index contributed by atoms with van der Waals surface area (Å²) in [5, 5.41) is 6.90. The molecule has 0 saturated carbocycles. The summed E-state index contributed by atoms with van der Waals surface area (Å²) in [6.45, 7) is 2.86. The first-order valence-corrected chi connectivity index (χ1v) is 7.25. The summed E-state index contributed by atoms with van der Waals surface area (Å²) in [6, 6.07) is 2.20. The van der Waals surface area contributed by atoms with Crippen molar-refractivity contribution in [1.82, 2.24) is 20.2 Å². The summed E-state index contributed by atoms with van der Waals surface area (Å²) in [7, 11) is 1.74. The van der Waals surface area contributed by atoms with Crippen LogP contribution in [0.25, 0.3) is 0 Å². The van der Waals surface area contributed by atoms with Crippen molar-refractivity contribution in [3.05, 3.63) is 34.5 Å². The van der Waals surface area contributed by atoms with Gasteiger partial charge in [0.25, 0.3) is 0 Å². The van der Waals surface area contributed by atoms with Gasteiger partial charge in [-0.15, -0.1) is 0 Å². The van der Waals surface area contributed by atoms with Gasteiger partial charge in [-0.3, -0.25) is 5.10 Å². The van der Waals surface area contributed by atoms with E-state index < -0.39 is 0 Å². The van der Waals surface area contributed by atoms with E-state index in [9.17, 15) is 0 Å². The fraction of sp³-hybridized carbons (Fsp3) is 0.462. The van der Waals surface area contributed by atoms with Crippen LogP contribution in [-0.2, 0) is 4.74 Å². The first kappa shape index (κ1) is 13.5. The Hall–Kier alpha value is -1.47. The molecule has 0 radical (unpaired) electrons. The van der Waals surface area contributed by atoms with E-state index in [4.69, 9.17) is 4.74 Å². The average molecular weight is 338 g/mol. The van der Waals surface area contributed by atoms with E-state index in [1.165, 1.54) is 6.33 Å². The fourth-order valence-electron chi connectivity index (χ4n) is 2.54. The molecule has 0 aromatic carbocycles. The Morgan fingerprint density at radius 3 is 2.95 bits per heavy atom. The molecule has 1 aliphatic heterocycles. The Labute approximate surface area is 125 Å². The number of nitrogens with one attached hydrogen (secondary N) is 1.